The Bertz CT molecular complexity index is 1180. The van der Waals surface area contributed by atoms with E-state index >= 15 is 0 Å². The van der Waals surface area contributed by atoms with Crippen molar-refractivity contribution in [1.29, 1.82) is 0 Å². The molecule has 3 heterocycles. The van der Waals surface area contributed by atoms with Crippen LogP contribution >= 0.6 is 11.6 Å². The maximum atomic E-state index is 13.8. The topological polar surface area (TPSA) is 72.7 Å². The van der Waals surface area contributed by atoms with Gasteiger partial charge in [0.25, 0.3) is 5.91 Å². The van der Waals surface area contributed by atoms with Gasteiger partial charge in [-0.2, -0.15) is 0 Å². The van der Waals surface area contributed by atoms with Crippen molar-refractivity contribution in [1.82, 2.24) is 24.8 Å². The van der Waals surface area contributed by atoms with Crippen molar-refractivity contribution < 1.29 is 13.6 Å². The van der Waals surface area contributed by atoms with Crippen LogP contribution in [-0.4, -0.2) is 25.4 Å². The molecule has 1 N–H and O–H groups in total. The highest BCUT2D eigenvalue weighted by molar-refractivity contribution is 6.36. The third kappa shape index (κ3) is 3.29. The lowest BCUT2D eigenvalue weighted by Crippen LogP contribution is -2.23. The molecule has 1 amide bonds. The van der Waals surface area contributed by atoms with Crippen LogP contribution < -0.4 is 5.32 Å². The molecular formula is C19H12ClF2N5O. The van der Waals surface area contributed by atoms with Crippen LogP contribution in [0.2, 0.25) is 5.02 Å². The summed E-state index contributed by atoms with van der Waals surface area (Å²) in [4.78, 5) is 25.4. The second kappa shape index (κ2) is 7.32. The van der Waals surface area contributed by atoms with Gasteiger partial charge in [-0.1, -0.05) is 11.6 Å². The number of fused-ring (bicyclic) bond motifs is 1. The van der Waals surface area contributed by atoms with Crippen LogP contribution in [0.5, 0.6) is 0 Å². The number of carbonyl (C=O) groups excluding carboxylic acids is 1. The average Bonchev–Trinajstić information content (AvgIpc) is 3.10. The summed E-state index contributed by atoms with van der Waals surface area (Å²) in [5.41, 5.74) is 0.658. The molecule has 0 radical (unpaired) electrons. The van der Waals surface area contributed by atoms with Crippen LogP contribution in [0.15, 0.2) is 55.1 Å². The molecule has 6 nitrogen and oxygen atoms in total. The van der Waals surface area contributed by atoms with Crippen molar-refractivity contribution in [2.45, 2.75) is 6.54 Å². The van der Waals surface area contributed by atoms with E-state index in [9.17, 15) is 13.6 Å². The standard InChI is InChI=1S/C19H12ClF2N5O/c20-14-4-7-23-17-16(14)13(10-27(17)19-24-5-1-6-25-19)18(28)26-9-11-8-12(21)2-3-15(11)22/h1-8,10H,9H2,(H,26,28). The maximum Gasteiger partial charge on any atom is 0.253 e. The van der Waals surface area contributed by atoms with E-state index < -0.39 is 17.5 Å². The van der Waals surface area contributed by atoms with E-state index in [1.54, 1.807) is 29.1 Å². The summed E-state index contributed by atoms with van der Waals surface area (Å²) in [5, 5.41) is 3.31. The highest BCUT2D eigenvalue weighted by Crippen LogP contribution is 2.28. The van der Waals surface area contributed by atoms with Crippen molar-refractivity contribution in [3.8, 4) is 5.95 Å². The fraction of sp³-hybridized carbons (Fsp3) is 0.0526. The van der Waals surface area contributed by atoms with Gasteiger partial charge in [0.05, 0.1) is 16.0 Å². The fourth-order valence-electron chi connectivity index (χ4n) is 2.80. The summed E-state index contributed by atoms with van der Waals surface area (Å²) in [7, 11) is 0. The van der Waals surface area contributed by atoms with Gasteiger partial charge in [0.1, 0.15) is 17.3 Å². The molecule has 0 aliphatic rings. The number of carbonyl (C=O) groups is 1. The Morgan fingerprint density at radius 2 is 1.89 bits per heavy atom. The molecule has 3 aromatic heterocycles. The van der Waals surface area contributed by atoms with E-state index in [2.05, 4.69) is 20.3 Å². The number of hydrogen-bond acceptors (Lipinski definition) is 4. The Balaban J connectivity index is 1.72. The Morgan fingerprint density at radius 3 is 2.68 bits per heavy atom. The first-order chi connectivity index (χ1) is 13.5. The average molecular weight is 400 g/mol. The van der Waals surface area contributed by atoms with E-state index in [0.717, 1.165) is 18.2 Å². The summed E-state index contributed by atoms with van der Waals surface area (Å²) in [6.07, 6.45) is 6.14. The molecule has 0 saturated carbocycles. The summed E-state index contributed by atoms with van der Waals surface area (Å²) in [6, 6.07) is 6.28. The predicted octanol–water partition coefficient (Wildman–Crippen LogP) is 3.68. The minimum atomic E-state index is -0.610. The number of amides is 1. The van der Waals surface area contributed by atoms with Crippen molar-refractivity contribution in [3.05, 3.63) is 82.9 Å². The third-order valence-corrected chi connectivity index (χ3v) is 4.41. The molecular weight excluding hydrogens is 388 g/mol. The number of halogens is 3. The second-order valence-corrected chi connectivity index (χ2v) is 6.28. The van der Waals surface area contributed by atoms with Crippen LogP contribution in [0.1, 0.15) is 15.9 Å². The molecule has 0 atom stereocenters. The molecule has 140 valence electrons. The first kappa shape index (κ1) is 18.0. The largest absolute Gasteiger partial charge is 0.348 e. The van der Waals surface area contributed by atoms with Crippen LogP contribution in [0.3, 0.4) is 0 Å². The Hall–Kier alpha value is -3.39. The lowest BCUT2D eigenvalue weighted by atomic mass is 10.2. The maximum absolute atomic E-state index is 13.8. The molecule has 0 spiro atoms. The smallest absolute Gasteiger partial charge is 0.253 e. The monoisotopic (exact) mass is 399 g/mol. The second-order valence-electron chi connectivity index (χ2n) is 5.87. The van der Waals surface area contributed by atoms with Crippen molar-refractivity contribution in [2.75, 3.05) is 0 Å². The first-order valence-electron chi connectivity index (χ1n) is 8.19. The molecule has 0 fully saturated rings. The zero-order valence-corrected chi connectivity index (χ0v) is 15.0. The van der Waals surface area contributed by atoms with Crippen LogP contribution in [0.4, 0.5) is 8.78 Å². The number of rotatable bonds is 4. The number of pyridine rings is 1. The van der Waals surface area contributed by atoms with Crippen molar-refractivity contribution in [2.24, 2.45) is 0 Å². The third-order valence-electron chi connectivity index (χ3n) is 4.10. The lowest BCUT2D eigenvalue weighted by molar-refractivity contribution is 0.0952. The predicted molar refractivity (Wildman–Crippen MR) is 99.2 cm³/mol. The minimum absolute atomic E-state index is 0.0349. The van der Waals surface area contributed by atoms with E-state index in [0.29, 0.717) is 22.0 Å². The van der Waals surface area contributed by atoms with Gasteiger partial charge in [-0.05, 0) is 30.3 Å². The van der Waals surface area contributed by atoms with Crippen molar-refractivity contribution >= 4 is 28.5 Å². The van der Waals surface area contributed by atoms with Crippen molar-refractivity contribution in [3.63, 3.8) is 0 Å². The SMILES string of the molecule is O=C(NCc1cc(F)ccc1F)c1cn(-c2ncccn2)c2nccc(Cl)c12. The summed E-state index contributed by atoms with van der Waals surface area (Å²) < 4.78 is 28.7. The van der Waals surface area contributed by atoms with E-state index in [4.69, 9.17) is 11.6 Å². The quantitative estimate of drug-likeness (QED) is 0.568. The molecule has 0 aliphatic heterocycles. The highest BCUT2D eigenvalue weighted by atomic mass is 35.5. The lowest BCUT2D eigenvalue weighted by Gasteiger charge is -2.06. The van der Waals surface area contributed by atoms with E-state index in [1.807, 2.05) is 0 Å². The summed E-state index contributed by atoms with van der Waals surface area (Å²) in [5.74, 6) is -1.40. The number of nitrogens with one attached hydrogen (secondary N) is 1. The molecule has 0 bridgehead atoms. The summed E-state index contributed by atoms with van der Waals surface area (Å²) in [6.45, 7) is -0.186. The van der Waals surface area contributed by atoms with Gasteiger partial charge in [0.15, 0.2) is 0 Å². The molecule has 0 unspecified atom stereocenters. The van der Waals surface area contributed by atoms with Gasteiger partial charge in [0, 0.05) is 36.9 Å². The Morgan fingerprint density at radius 1 is 1.11 bits per heavy atom. The van der Waals surface area contributed by atoms with E-state index in [-0.39, 0.29) is 17.7 Å². The Kier molecular flexibility index (Phi) is 4.70. The van der Waals surface area contributed by atoms with Gasteiger partial charge in [-0.25, -0.2) is 23.7 Å². The number of nitrogens with zero attached hydrogens (tertiary/aromatic N) is 4. The zero-order valence-electron chi connectivity index (χ0n) is 14.2. The molecule has 1 aromatic carbocycles. The van der Waals surface area contributed by atoms with E-state index in [1.165, 1.54) is 12.4 Å². The first-order valence-corrected chi connectivity index (χ1v) is 8.57. The van der Waals surface area contributed by atoms with Gasteiger partial charge >= 0.3 is 0 Å². The molecule has 9 heteroatoms. The molecule has 4 aromatic rings. The van der Waals surface area contributed by atoms with Gasteiger partial charge in [-0.15, -0.1) is 0 Å². The molecule has 28 heavy (non-hydrogen) atoms. The summed E-state index contributed by atoms with van der Waals surface area (Å²) >= 11 is 6.29. The fourth-order valence-corrected chi connectivity index (χ4v) is 3.05. The number of benzene rings is 1. The normalized spacial score (nSPS) is 11.0. The van der Waals surface area contributed by atoms with Crippen LogP contribution in [-0.2, 0) is 6.54 Å². The molecule has 4 rings (SSSR count). The molecule has 0 aliphatic carbocycles. The van der Waals surface area contributed by atoms with Gasteiger partial charge in [0.2, 0.25) is 5.95 Å². The number of hydrogen-bond donors (Lipinski definition) is 1. The van der Waals surface area contributed by atoms with Gasteiger partial charge in [-0.3, -0.25) is 9.36 Å². The minimum Gasteiger partial charge on any atom is -0.348 e. The van der Waals surface area contributed by atoms with Crippen LogP contribution in [0.25, 0.3) is 17.0 Å². The van der Waals surface area contributed by atoms with Crippen LogP contribution in [0, 0.1) is 11.6 Å². The highest BCUT2D eigenvalue weighted by Gasteiger charge is 2.20. The zero-order chi connectivity index (χ0) is 19.7. The number of aromatic nitrogens is 4. The molecule has 0 saturated heterocycles. The van der Waals surface area contributed by atoms with Gasteiger partial charge < -0.3 is 5.32 Å². The Labute approximate surface area is 162 Å².